The smallest absolute Gasteiger partial charge is 0.126 e. The molecule has 6 heteroatoms. The van der Waals surface area contributed by atoms with Crippen LogP contribution in [0.4, 0.5) is 5.69 Å². The molecule has 0 aliphatic carbocycles. The van der Waals surface area contributed by atoms with E-state index in [4.69, 9.17) is 5.41 Å². The van der Waals surface area contributed by atoms with Gasteiger partial charge in [0.1, 0.15) is 11.7 Å². The molecule has 0 saturated heterocycles. The molecule has 0 unspecified atom stereocenters. The minimum absolute atomic E-state index is 0.348. The molecule has 27 heavy (non-hydrogen) atoms. The highest BCUT2D eigenvalue weighted by atomic mass is 15.1. The summed E-state index contributed by atoms with van der Waals surface area (Å²) in [5.74, 6) is 1.06. The lowest BCUT2D eigenvalue weighted by molar-refractivity contribution is 0.764. The molecule has 1 aromatic heterocycles. The molecule has 0 radical (unpaired) electrons. The molecule has 0 saturated carbocycles. The van der Waals surface area contributed by atoms with Crippen LogP contribution in [-0.2, 0) is 19.5 Å². The van der Waals surface area contributed by atoms with Crippen LogP contribution < -0.4 is 10.6 Å². The molecule has 2 heterocycles. The monoisotopic (exact) mass is 358 g/mol. The minimum Gasteiger partial charge on any atom is -0.344 e. The Balaban J connectivity index is 1.38. The van der Waals surface area contributed by atoms with Gasteiger partial charge < -0.3 is 10.6 Å². The normalized spacial score (nSPS) is 13.4. The summed E-state index contributed by atoms with van der Waals surface area (Å²) in [6.45, 7) is 3.73. The van der Waals surface area contributed by atoms with E-state index < -0.39 is 0 Å². The summed E-state index contributed by atoms with van der Waals surface area (Å²) in [6.07, 6.45) is 4.20. The van der Waals surface area contributed by atoms with Crippen molar-refractivity contribution in [3.63, 3.8) is 0 Å². The molecule has 2 aromatic carbocycles. The van der Waals surface area contributed by atoms with Crippen molar-refractivity contribution in [1.82, 2.24) is 15.5 Å². The van der Waals surface area contributed by atoms with Gasteiger partial charge in [-0.2, -0.15) is 5.10 Å². The fourth-order valence-electron chi connectivity index (χ4n) is 3.29. The van der Waals surface area contributed by atoms with Crippen LogP contribution >= 0.6 is 0 Å². The largest absolute Gasteiger partial charge is 0.344 e. The van der Waals surface area contributed by atoms with E-state index in [-0.39, 0.29) is 0 Å². The van der Waals surface area contributed by atoms with Gasteiger partial charge in [-0.1, -0.05) is 30.3 Å². The predicted molar refractivity (Wildman–Crippen MR) is 109 cm³/mol. The number of anilines is 1. The molecule has 6 nitrogen and oxygen atoms in total. The summed E-state index contributed by atoms with van der Waals surface area (Å²) >= 11 is 0. The Hall–Kier alpha value is -3.25. The van der Waals surface area contributed by atoms with Crippen LogP contribution in [0.5, 0.6) is 0 Å². The molecular weight excluding hydrogens is 336 g/mol. The number of aromatic amines is 1. The van der Waals surface area contributed by atoms with Gasteiger partial charge in [-0.05, 0) is 41.3 Å². The maximum absolute atomic E-state index is 8.19. The van der Waals surface area contributed by atoms with E-state index in [1.165, 1.54) is 11.1 Å². The van der Waals surface area contributed by atoms with E-state index in [1.54, 1.807) is 6.20 Å². The van der Waals surface area contributed by atoms with Gasteiger partial charge >= 0.3 is 0 Å². The fourth-order valence-corrected chi connectivity index (χ4v) is 3.29. The number of nitrogens with one attached hydrogen (secondary N) is 4. The van der Waals surface area contributed by atoms with E-state index in [2.05, 4.69) is 44.0 Å². The standard InChI is InChI=1S/C21H22N6/c1-14(26-20-6-4-16(5-7-20)19-12-24-25-13-19)27-21(22)9-15-2-3-17-10-23-11-18(17)8-15/h2-8,12-13,23H,9-11H2,1H3,(H,24,25)(H2,22,26,27). The molecular formula is C21H22N6. The molecule has 0 amide bonds. The summed E-state index contributed by atoms with van der Waals surface area (Å²) in [4.78, 5) is 4.39. The first-order valence-corrected chi connectivity index (χ1v) is 8.98. The maximum atomic E-state index is 8.19. The number of H-pyrrole nitrogens is 1. The Labute approximate surface area is 158 Å². The SMILES string of the molecule is C/C(=N\C(=N)Cc1ccc2c(c1)CNC2)Nc1ccc(-c2cn[nH]c2)cc1. The average molecular weight is 358 g/mol. The number of rotatable bonds is 4. The van der Waals surface area contributed by atoms with Gasteiger partial charge in [-0.25, -0.2) is 4.99 Å². The third kappa shape index (κ3) is 4.12. The second-order valence-electron chi connectivity index (χ2n) is 6.72. The molecule has 0 atom stereocenters. The second kappa shape index (κ2) is 7.55. The van der Waals surface area contributed by atoms with Crippen LogP contribution in [0.3, 0.4) is 0 Å². The molecule has 1 aliphatic rings. The number of aromatic nitrogens is 2. The van der Waals surface area contributed by atoms with Gasteiger partial charge in [0, 0.05) is 37.0 Å². The van der Waals surface area contributed by atoms with Crippen molar-refractivity contribution in [2.24, 2.45) is 4.99 Å². The third-order valence-electron chi connectivity index (χ3n) is 4.62. The van der Waals surface area contributed by atoms with Crippen molar-refractivity contribution < 1.29 is 0 Å². The summed E-state index contributed by atoms with van der Waals surface area (Å²) < 4.78 is 0. The predicted octanol–water partition coefficient (Wildman–Crippen LogP) is 3.73. The molecule has 4 N–H and O–H groups in total. The Morgan fingerprint density at radius 3 is 2.70 bits per heavy atom. The lowest BCUT2D eigenvalue weighted by Gasteiger charge is -2.08. The Bertz CT molecular complexity index is 970. The van der Waals surface area contributed by atoms with E-state index in [0.717, 1.165) is 35.5 Å². The zero-order valence-corrected chi connectivity index (χ0v) is 15.2. The first-order chi connectivity index (χ1) is 13.2. The van der Waals surface area contributed by atoms with E-state index >= 15 is 0 Å². The minimum atomic E-state index is 0.348. The first-order valence-electron chi connectivity index (χ1n) is 8.98. The summed E-state index contributed by atoms with van der Waals surface area (Å²) in [5, 5.41) is 21.6. The van der Waals surface area contributed by atoms with Crippen LogP contribution in [0.25, 0.3) is 11.1 Å². The van der Waals surface area contributed by atoms with Gasteiger partial charge in [0.05, 0.1) is 6.20 Å². The summed E-state index contributed by atoms with van der Waals surface area (Å²) in [5.41, 5.74) is 6.91. The third-order valence-corrected chi connectivity index (χ3v) is 4.62. The molecule has 136 valence electrons. The molecule has 0 fully saturated rings. The molecule has 4 rings (SSSR count). The first kappa shape index (κ1) is 17.2. The number of fused-ring (bicyclic) bond motifs is 1. The van der Waals surface area contributed by atoms with Gasteiger partial charge in [0.15, 0.2) is 0 Å². The summed E-state index contributed by atoms with van der Waals surface area (Å²) in [7, 11) is 0. The lowest BCUT2D eigenvalue weighted by atomic mass is 10.0. The molecule has 0 spiro atoms. The zero-order chi connectivity index (χ0) is 18.6. The quantitative estimate of drug-likeness (QED) is 0.423. The van der Waals surface area contributed by atoms with Crippen molar-refractivity contribution in [3.05, 3.63) is 71.5 Å². The Morgan fingerprint density at radius 2 is 1.93 bits per heavy atom. The van der Waals surface area contributed by atoms with Crippen molar-refractivity contribution in [2.75, 3.05) is 5.32 Å². The number of hydrogen-bond donors (Lipinski definition) is 4. The number of amidine groups is 2. The zero-order valence-electron chi connectivity index (χ0n) is 15.2. The molecule has 0 bridgehead atoms. The number of benzene rings is 2. The van der Waals surface area contributed by atoms with Crippen molar-refractivity contribution in [1.29, 1.82) is 5.41 Å². The van der Waals surface area contributed by atoms with Crippen LogP contribution in [0.2, 0.25) is 0 Å². The Kier molecular flexibility index (Phi) is 4.80. The van der Waals surface area contributed by atoms with Crippen molar-refractivity contribution in [3.8, 4) is 11.1 Å². The lowest BCUT2D eigenvalue weighted by Crippen LogP contribution is -2.11. The number of aliphatic imine (C=N–C) groups is 1. The fraction of sp³-hybridized carbons (Fsp3) is 0.190. The number of nitrogens with zero attached hydrogens (tertiary/aromatic N) is 2. The van der Waals surface area contributed by atoms with E-state index in [0.29, 0.717) is 18.1 Å². The summed E-state index contributed by atoms with van der Waals surface area (Å²) in [6, 6.07) is 14.5. The highest BCUT2D eigenvalue weighted by molar-refractivity contribution is 6.02. The van der Waals surface area contributed by atoms with Crippen LogP contribution in [-0.4, -0.2) is 21.9 Å². The van der Waals surface area contributed by atoms with Gasteiger partial charge in [-0.15, -0.1) is 0 Å². The van der Waals surface area contributed by atoms with Gasteiger partial charge in [-0.3, -0.25) is 10.5 Å². The average Bonchev–Trinajstić information content (AvgIpc) is 3.33. The van der Waals surface area contributed by atoms with Crippen LogP contribution in [0, 0.1) is 5.41 Å². The van der Waals surface area contributed by atoms with Crippen LogP contribution in [0.1, 0.15) is 23.6 Å². The van der Waals surface area contributed by atoms with Gasteiger partial charge in [0.2, 0.25) is 0 Å². The molecule has 3 aromatic rings. The van der Waals surface area contributed by atoms with Crippen molar-refractivity contribution >= 4 is 17.4 Å². The van der Waals surface area contributed by atoms with E-state index in [9.17, 15) is 0 Å². The highest BCUT2D eigenvalue weighted by Crippen LogP contribution is 2.20. The second-order valence-corrected chi connectivity index (χ2v) is 6.72. The van der Waals surface area contributed by atoms with Crippen LogP contribution in [0.15, 0.2) is 59.9 Å². The van der Waals surface area contributed by atoms with E-state index in [1.807, 2.05) is 37.4 Å². The maximum Gasteiger partial charge on any atom is 0.126 e. The Morgan fingerprint density at radius 1 is 1.11 bits per heavy atom. The van der Waals surface area contributed by atoms with Crippen molar-refractivity contribution in [2.45, 2.75) is 26.4 Å². The molecule has 1 aliphatic heterocycles. The highest BCUT2D eigenvalue weighted by Gasteiger charge is 2.10. The van der Waals surface area contributed by atoms with Gasteiger partial charge in [0.25, 0.3) is 0 Å². The topological polar surface area (TPSA) is 88.9 Å². The number of hydrogen-bond acceptors (Lipinski definition) is 3.